The lowest BCUT2D eigenvalue weighted by Gasteiger charge is -2.17. The van der Waals surface area contributed by atoms with Crippen LogP contribution in [-0.2, 0) is 6.54 Å². The second-order valence-electron chi connectivity index (χ2n) is 6.41. The lowest BCUT2D eigenvalue weighted by Crippen LogP contribution is -2.28. The number of benzene rings is 2. The average molecular weight is 408 g/mol. The second-order valence-corrected chi connectivity index (χ2v) is 6.41. The number of nitrogens with one attached hydrogen (secondary N) is 1. The van der Waals surface area contributed by atoms with Gasteiger partial charge in [0.1, 0.15) is 17.1 Å². The molecule has 0 spiro atoms. The monoisotopic (exact) mass is 408 g/mol. The number of aryl methyl sites for hydroxylation is 1. The molecule has 0 saturated heterocycles. The van der Waals surface area contributed by atoms with Crippen LogP contribution in [0.1, 0.15) is 24.2 Å². The SMILES string of the molecule is CCn1nc(-c2ccccc2)c(C(C)=O)c(Nc2ccc([N+](=O)[O-])cc2OC)c1=O. The second kappa shape index (κ2) is 8.56. The minimum absolute atomic E-state index is 0.0327. The third-order valence-corrected chi connectivity index (χ3v) is 4.51. The molecule has 0 aliphatic carbocycles. The molecule has 0 amide bonds. The number of hydrogen-bond donors (Lipinski definition) is 1. The predicted molar refractivity (Wildman–Crippen MR) is 113 cm³/mol. The summed E-state index contributed by atoms with van der Waals surface area (Å²) in [5, 5.41) is 18.4. The average Bonchev–Trinajstić information content (AvgIpc) is 2.75. The van der Waals surface area contributed by atoms with Crippen molar-refractivity contribution in [2.45, 2.75) is 20.4 Å². The van der Waals surface area contributed by atoms with Gasteiger partial charge in [0.2, 0.25) is 0 Å². The summed E-state index contributed by atoms with van der Waals surface area (Å²) in [5.74, 6) is -0.177. The molecule has 0 unspecified atom stereocenters. The Kier molecular flexibility index (Phi) is 5.91. The first-order chi connectivity index (χ1) is 14.4. The standard InChI is InChI=1S/C21H20N4O5/c1-4-24-21(27)20(22-16-11-10-15(25(28)29)12-17(16)30-3)18(13(2)26)19(23-24)14-8-6-5-7-9-14/h5-12,22H,4H2,1-3H3. The van der Waals surface area contributed by atoms with Gasteiger partial charge in [0.25, 0.3) is 11.2 Å². The van der Waals surface area contributed by atoms with Gasteiger partial charge < -0.3 is 10.1 Å². The van der Waals surface area contributed by atoms with Gasteiger partial charge in [0.15, 0.2) is 5.78 Å². The van der Waals surface area contributed by atoms with Crippen LogP contribution in [-0.4, -0.2) is 27.6 Å². The van der Waals surface area contributed by atoms with Crippen LogP contribution in [0.25, 0.3) is 11.3 Å². The number of Topliss-reactive ketones (excluding diaryl/α,β-unsaturated/α-hetero) is 1. The molecule has 9 heteroatoms. The highest BCUT2D eigenvalue weighted by Crippen LogP contribution is 2.33. The Hall–Kier alpha value is -4.01. The van der Waals surface area contributed by atoms with Crippen molar-refractivity contribution in [1.82, 2.24) is 9.78 Å². The van der Waals surface area contributed by atoms with Crippen LogP contribution in [0, 0.1) is 10.1 Å². The number of nitro benzene ring substituents is 1. The van der Waals surface area contributed by atoms with Crippen LogP contribution < -0.4 is 15.6 Å². The Balaban J connectivity index is 2.25. The van der Waals surface area contributed by atoms with Crippen LogP contribution in [0.4, 0.5) is 17.1 Å². The molecule has 1 aromatic heterocycles. The quantitative estimate of drug-likeness (QED) is 0.359. The molecule has 2 aromatic carbocycles. The summed E-state index contributed by atoms with van der Waals surface area (Å²) in [4.78, 5) is 36.1. The third kappa shape index (κ3) is 3.90. The van der Waals surface area contributed by atoms with Crippen molar-refractivity contribution in [2.75, 3.05) is 12.4 Å². The fourth-order valence-electron chi connectivity index (χ4n) is 3.07. The van der Waals surface area contributed by atoms with Crippen molar-refractivity contribution in [3.8, 4) is 17.0 Å². The van der Waals surface area contributed by atoms with Gasteiger partial charge in [-0.1, -0.05) is 30.3 Å². The van der Waals surface area contributed by atoms with Crippen molar-refractivity contribution < 1.29 is 14.5 Å². The van der Waals surface area contributed by atoms with E-state index in [4.69, 9.17) is 4.74 Å². The molecule has 0 bridgehead atoms. The zero-order chi connectivity index (χ0) is 21.8. The molecule has 0 atom stereocenters. The number of carbonyl (C=O) groups excluding carboxylic acids is 1. The Morgan fingerprint density at radius 3 is 2.50 bits per heavy atom. The largest absolute Gasteiger partial charge is 0.494 e. The van der Waals surface area contributed by atoms with Gasteiger partial charge in [-0.05, 0) is 19.9 Å². The molecule has 0 radical (unpaired) electrons. The summed E-state index contributed by atoms with van der Waals surface area (Å²) < 4.78 is 6.50. The first-order valence-electron chi connectivity index (χ1n) is 9.18. The highest BCUT2D eigenvalue weighted by Gasteiger charge is 2.23. The molecule has 154 valence electrons. The molecule has 1 N–H and O–H groups in total. The first kappa shape index (κ1) is 20.7. The number of methoxy groups -OCH3 is 1. The Labute approximate surface area is 172 Å². The van der Waals surface area contributed by atoms with E-state index in [-0.39, 0.29) is 28.5 Å². The smallest absolute Gasteiger partial charge is 0.291 e. The van der Waals surface area contributed by atoms with Gasteiger partial charge in [-0.25, -0.2) is 4.68 Å². The van der Waals surface area contributed by atoms with Gasteiger partial charge in [0.05, 0.1) is 29.4 Å². The van der Waals surface area contributed by atoms with Gasteiger partial charge >= 0.3 is 0 Å². The summed E-state index contributed by atoms with van der Waals surface area (Å²) in [7, 11) is 1.36. The molecule has 0 fully saturated rings. The molecule has 0 saturated carbocycles. The molecule has 30 heavy (non-hydrogen) atoms. The number of aromatic nitrogens is 2. The molecule has 1 heterocycles. The van der Waals surface area contributed by atoms with E-state index in [0.29, 0.717) is 23.5 Å². The zero-order valence-electron chi connectivity index (χ0n) is 16.7. The summed E-state index contributed by atoms with van der Waals surface area (Å²) >= 11 is 0. The number of nitro groups is 1. The molecule has 0 aliphatic heterocycles. The van der Waals surface area contributed by atoms with Gasteiger partial charge in [-0.2, -0.15) is 5.10 Å². The molecule has 0 aliphatic rings. The van der Waals surface area contributed by atoms with Crippen LogP contribution in [0.3, 0.4) is 0 Å². The summed E-state index contributed by atoms with van der Waals surface area (Å²) in [6.45, 7) is 3.42. The number of hydrogen-bond acceptors (Lipinski definition) is 7. The number of nitrogens with zero attached hydrogens (tertiary/aromatic N) is 3. The molecule has 3 rings (SSSR count). The van der Waals surface area contributed by atoms with E-state index in [1.807, 2.05) is 18.2 Å². The van der Waals surface area contributed by atoms with Crippen LogP contribution >= 0.6 is 0 Å². The first-order valence-corrected chi connectivity index (χ1v) is 9.18. The molecule has 9 nitrogen and oxygen atoms in total. The maximum absolute atomic E-state index is 13.0. The molecule has 3 aromatic rings. The van der Waals surface area contributed by atoms with Crippen LogP contribution in [0.15, 0.2) is 53.3 Å². The Morgan fingerprint density at radius 1 is 1.23 bits per heavy atom. The van der Waals surface area contributed by atoms with Crippen molar-refractivity contribution >= 4 is 22.8 Å². The van der Waals surface area contributed by atoms with Crippen LogP contribution in [0.2, 0.25) is 0 Å². The van der Waals surface area contributed by atoms with Crippen molar-refractivity contribution in [1.29, 1.82) is 0 Å². The number of ketones is 1. The minimum atomic E-state index is -0.544. The fraction of sp³-hybridized carbons (Fsp3) is 0.190. The maximum atomic E-state index is 13.0. The van der Waals surface area contributed by atoms with Gasteiger partial charge in [0, 0.05) is 18.2 Å². The van der Waals surface area contributed by atoms with E-state index in [0.717, 1.165) is 0 Å². The van der Waals surface area contributed by atoms with Crippen molar-refractivity contribution in [3.05, 3.63) is 74.6 Å². The highest BCUT2D eigenvalue weighted by molar-refractivity contribution is 6.05. The van der Waals surface area contributed by atoms with E-state index in [9.17, 15) is 19.7 Å². The summed E-state index contributed by atoms with van der Waals surface area (Å²) in [5.41, 5.74) is 0.895. The number of non-ortho nitro benzene ring substituents is 1. The number of anilines is 2. The van der Waals surface area contributed by atoms with Gasteiger partial charge in [-0.3, -0.25) is 19.7 Å². The van der Waals surface area contributed by atoms with Crippen molar-refractivity contribution in [2.24, 2.45) is 0 Å². The van der Waals surface area contributed by atoms with E-state index in [1.165, 1.54) is 36.9 Å². The lowest BCUT2D eigenvalue weighted by atomic mass is 10.0. The summed E-state index contributed by atoms with van der Waals surface area (Å²) in [6, 6.07) is 13.0. The zero-order valence-corrected chi connectivity index (χ0v) is 16.7. The lowest BCUT2D eigenvalue weighted by molar-refractivity contribution is -0.384. The minimum Gasteiger partial charge on any atom is -0.494 e. The normalized spacial score (nSPS) is 10.5. The molecular weight excluding hydrogens is 388 g/mol. The van der Waals surface area contributed by atoms with E-state index in [1.54, 1.807) is 19.1 Å². The Morgan fingerprint density at radius 2 is 1.93 bits per heavy atom. The number of ether oxygens (including phenoxy) is 1. The number of rotatable bonds is 7. The van der Waals surface area contributed by atoms with Crippen molar-refractivity contribution in [3.63, 3.8) is 0 Å². The molecular formula is C21H20N4O5. The summed E-state index contributed by atoms with van der Waals surface area (Å²) in [6.07, 6.45) is 0. The highest BCUT2D eigenvalue weighted by atomic mass is 16.6. The third-order valence-electron chi connectivity index (χ3n) is 4.51. The maximum Gasteiger partial charge on any atom is 0.291 e. The van der Waals surface area contributed by atoms with Gasteiger partial charge in [-0.15, -0.1) is 0 Å². The number of carbonyl (C=O) groups is 1. The van der Waals surface area contributed by atoms with E-state index >= 15 is 0 Å². The Bertz CT molecular complexity index is 1170. The van der Waals surface area contributed by atoms with E-state index < -0.39 is 10.5 Å². The van der Waals surface area contributed by atoms with E-state index in [2.05, 4.69) is 10.4 Å². The topological polar surface area (TPSA) is 116 Å². The fourth-order valence-corrected chi connectivity index (χ4v) is 3.07. The predicted octanol–water partition coefficient (Wildman–Crippen LogP) is 3.79. The van der Waals surface area contributed by atoms with Crippen LogP contribution in [0.5, 0.6) is 5.75 Å².